The van der Waals surface area contributed by atoms with Crippen molar-refractivity contribution in [2.75, 3.05) is 6.61 Å². The molecule has 1 N–H and O–H groups in total. The first-order valence-electron chi connectivity index (χ1n) is 10.9. The van der Waals surface area contributed by atoms with Gasteiger partial charge >= 0.3 is 0 Å². The molecule has 0 spiro atoms. The molecule has 0 saturated carbocycles. The van der Waals surface area contributed by atoms with Gasteiger partial charge in [-0.1, -0.05) is 49.2 Å². The molecule has 0 aliphatic rings. The number of amides is 2. The van der Waals surface area contributed by atoms with E-state index in [9.17, 15) is 9.59 Å². The molecule has 2 rings (SSSR count). The largest absolute Gasteiger partial charge is 0.484 e. The van der Waals surface area contributed by atoms with Crippen LogP contribution in [0.1, 0.15) is 50.3 Å². The molecule has 2 amide bonds. The van der Waals surface area contributed by atoms with Crippen molar-refractivity contribution < 1.29 is 14.3 Å². The Kier molecular flexibility index (Phi) is 9.85. The van der Waals surface area contributed by atoms with Crippen LogP contribution in [0.25, 0.3) is 0 Å². The van der Waals surface area contributed by atoms with Gasteiger partial charge in [-0.05, 0) is 74.6 Å². The highest BCUT2D eigenvalue weighted by atomic mass is 35.5. The van der Waals surface area contributed by atoms with Gasteiger partial charge < -0.3 is 15.0 Å². The summed E-state index contributed by atoms with van der Waals surface area (Å²) >= 11 is 12.4. The molecular formula is C25H32Cl2N2O3. The van der Waals surface area contributed by atoms with Crippen molar-refractivity contribution in [1.29, 1.82) is 0 Å². The second kappa shape index (κ2) is 12.1. The van der Waals surface area contributed by atoms with Crippen LogP contribution in [-0.4, -0.2) is 35.4 Å². The van der Waals surface area contributed by atoms with E-state index < -0.39 is 6.04 Å². The van der Waals surface area contributed by atoms with Crippen molar-refractivity contribution in [1.82, 2.24) is 10.2 Å². The van der Waals surface area contributed by atoms with E-state index >= 15 is 0 Å². The molecule has 0 aliphatic heterocycles. The molecule has 2 unspecified atom stereocenters. The summed E-state index contributed by atoms with van der Waals surface area (Å²) in [6.45, 7) is 9.77. The molecule has 0 bridgehead atoms. The number of hydrogen-bond acceptors (Lipinski definition) is 3. The van der Waals surface area contributed by atoms with Crippen LogP contribution < -0.4 is 10.1 Å². The first-order chi connectivity index (χ1) is 15.1. The lowest BCUT2D eigenvalue weighted by Crippen LogP contribution is -2.51. The minimum Gasteiger partial charge on any atom is -0.484 e. The number of carbonyl (C=O) groups excluding carboxylic acids is 2. The first kappa shape index (κ1) is 26.0. The summed E-state index contributed by atoms with van der Waals surface area (Å²) in [6.07, 6.45) is 1.26. The number of ether oxygens (including phenoxy) is 1. The lowest BCUT2D eigenvalue weighted by Gasteiger charge is -2.31. The summed E-state index contributed by atoms with van der Waals surface area (Å²) in [5.74, 6) is 0.144. The van der Waals surface area contributed by atoms with E-state index in [-0.39, 0.29) is 31.0 Å². The Bertz CT molecular complexity index is 929. The minimum absolute atomic E-state index is 0.0131. The van der Waals surface area contributed by atoms with Crippen LogP contribution in [0.15, 0.2) is 36.4 Å². The minimum atomic E-state index is -0.647. The van der Waals surface area contributed by atoms with Crippen LogP contribution >= 0.6 is 23.2 Å². The third kappa shape index (κ3) is 7.42. The molecule has 0 heterocycles. The quantitative estimate of drug-likeness (QED) is 0.475. The standard InChI is InChI=1S/C25H32Cl2N2O3/c1-6-18(5)28-25(31)23(7-2)29(14-19-8-9-20(26)13-22(19)27)24(30)15-32-21-11-16(3)10-17(4)12-21/h8-13,18,23H,6-7,14-15H2,1-5H3,(H,28,31). The fourth-order valence-corrected chi connectivity index (χ4v) is 3.91. The van der Waals surface area contributed by atoms with E-state index in [1.807, 2.05) is 52.8 Å². The van der Waals surface area contributed by atoms with E-state index in [0.29, 0.717) is 27.8 Å². The van der Waals surface area contributed by atoms with Crippen molar-refractivity contribution in [3.8, 4) is 5.75 Å². The third-order valence-electron chi connectivity index (χ3n) is 5.30. The van der Waals surface area contributed by atoms with Crippen molar-refractivity contribution >= 4 is 35.0 Å². The smallest absolute Gasteiger partial charge is 0.261 e. The van der Waals surface area contributed by atoms with Crippen molar-refractivity contribution in [2.45, 2.75) is 66.1 Å². The normalized spacial score (nSPS) is 12.7. The van der Waals surface area contributed by atoms with Gasteiger partial charge in [0, 0.05) is 22.6 Å². The summed E-state index contributed by atoms with van der Waals surface area (Å²) in [6, 6.07) is 10.3. The van der Waals surface area contributed by atoms with Gasteiger partial charge in [0.2, 0.25) is 5.91 Å². The Morgan fingerprint density at radius 1 is 1.03 bits per heavy atom. The number of nitrogens with zero attached hydrogens (tertiary/aromatic N) is 1. The third-order valence-corrected chi connectivity index (χ3v) is 5.89. The fraction of sp³-hybridized carbons (Fsp3) is 0.440. The average molecular weight is 479 g/mol. The van der Waals surface area contributed by atoms with E-state index in [0.717, 1.165) is 17.5 Å². The number of aryl methyl sites for hydroxylation is 2. The predicted molar refractivity (Wildman–Crippen MR) is 130 cm³/mol. The van der Waals surface area contributed by atoms with E-state index in [4.69, 9.17) is 27.9 Å². The molecule has 7 heteroatoms. The zero-order chi connectivity index (χ0) is 23.8. The highest BCUT2D eigenvalue weighted by molar-refractivity contribution is 6.35. The fourth-order valence-electron chi connectivity index (χ4n) is 3.44. The van der Waals surface area contributed by atoms with Crippen LogP contribution in [0.3, 0.4) is 0 Å². The molecule has 0 radical (unpaired) electrons. The van der Waals surface area contributed by atoms with E-state index in [2.05, 4.69) is 5.32 Å². The van der Waals surface area contributed by atoms with Gasteiger partial charge in [-0.15, -0.1) is 0 Å². The number of benzene rings is 2. The van der Waals surface area contributed by atoms with Crippen LogP contribution in [0, 0.1) is 13.8 Å². The Morgan fingerprint density at radius 2 is 1.69 bits per heavy atom. The molecule has 0 aliphatic carbocycles. The molecule has 0 saturated heterocycles. The summed E-state index contributed by atoms with van der Waals surface area (Å²) in [4.78, 5) is 27.8. The summed E-state index contributed by atoms with van der Waals surface area (Å²) in [5, 5.41) is 3.94. The van der Waals surface area contributed by atoms with E-state index in [1.165, 1.54) is 4.90 Å². The van der Waals surface area contributed by atoms with Crippen molar-refractivity contribution in [2.24, 2.45) is 0 Å². The van der Waals surface area contributed by atoms with Gasteiger partial charge in [-0.3, -0.25) is 9.59 Å². The van der Waals surface area contributed by atoms with Crippen LogP contribution in [0.2, 0.25) is 10.0 Å². The Labute approximate surface area is 201 Å². The van der Waals surface area contributed by atoms with Gasteiger partial charge in [0.1, 0.15) is 11.8 Å². The van der Waals surface area contributed by atoms with Crippen LogP contribution in [0.5, 0.6) is 5.75 Å². The molecule has 0 fully saturated rings. The van der Waals surface area contributed by atoms with Crippen LogP contribution in [0.4, 0.5) is 0 Å². The summed E-state index contributed by atoms with van der Waals surface area (Å²) in [7, 11) is 0. The lowest BCUT2D eigenvalue weighted by atomic mass is 10.1. The molecular weight excluding hydrogens is 447 g/mol. The van der Waals surface area contributed by atoms with E-state index in [1.54, 1.807) is 18.2 Å². The maximum absolute atomic E-state index is 13.3. The van der Waals surface area contributed by atoms with Gasteiger partial charge in [0.15, 0.2) is 6.61 Å². The SMILES string of the molecule is CCC(C)NC(=O)C(CC)N(Cc1ccc(Cl)cc1Cl)C(=O)COc1cc(C)cc(C)c1. The van der Waals surface area contributed by atoms with Gasteiger partial charge in [0.05, 0.1) is 0 Å². The summed E-state index contributed by atoms with van der Waals surface area (Å²) in [5.41, 5.74) is 2.82. The second-order valence-electron chi connectivity index (χ2n) is 8.11. The number of nitrogens with one attached hydrogen (secondary N) is 1. The van der Waals surface area contributed by atoms with Crippen molar-refractivity contribution in [3.63, 3.8) is 0 Å². The maximum atomic E-state index is 13.3. The molecule has 2 aromatic rings. The first-order valence-corrected chi connectivity index (χ1v) is 11.6. The van der Waals surface area contributed by atoms with Crippen molar-refractivity contribution in [3.05, 3.63) is 63.1 Å². The average Bonchev–Trinajstić information content (AvgIpc) is 2.72. The Morgan fingerprint density at radius 3 is 2.25 bits per heavy atom. The maximum Gasteiger partial charge on any atom is 0.261 e. The monoisotopic (exact) mass is 478 g/mol. The lowest BCUT2D eigenvalue weighted by molar-refractivity contribution is -0.143. The summed E-state index contributed by atoms with van der Waals surface area (Å²) < 4.78 is 5.80. The highest BCUT2D eigenvalue weighted by Crippen LogP contribution is 2.24. The molecule has 2 atom stereocenters. The molecule has 174 valence electrons. The van der Waals surface area contributed by atoms with Gasteiger partial charge in [-0.25, -0.2) is 0 Å². The molecule has 5 nitrogen and oxygen atoms in total. The zero-order valence-electron chi connectivity index (χ0n) is 19.4. The number of rotatable bonds is 10. The molecule has 0 aromatic heterocycles. The zero-order valence-corrected chi connectivity index (χ0v) is 20.9. The second-order valence-corrected chi connectivity index (χ2v) is 8.96. The highest BCUT2D eigenvalue weighted by Gasteiger charge is 2.30. The van der Waals surface area contributed by atoms with Gasteiger partial charge in [0.25, 0.3) is 5.91 Å². The Balaban J connectivity index is 2.28. The number of carbonyl (C=O) groups is 2. The Hall–Kier alpha value is -2.24. The van der Waals surface area contributed by atoms with Crippen LogP contribution in [-0.2, 0) is 16.1 Å². The topological polar surface area (TPSA) is 58.6 Å². The molecule has 32 heavy (non-hydrogen) atoms. The van der Waals surface area contributed by atoms with Gasteiger partial charge in [-0.2, -0.15) is 0 Å². The predicted octanol–water partition coefficient (Wildman–Crippen LogP) is 5.71. The number of halogens is 2. The molecule has 2 aromatic carbocycles. The number of hydrogen-bond donors (Lipinski definition) is 1.